The molecular weight excluding hydrogens is 354 g/mol. The third-order valence-corrected chi connectivity index (χ3v) is 3.16. The van der Waals surface area contributed by atoms with Gasteiger partial charge in [0.05, 0.1) is 12.7 Å². The highest BCUT2D eigenvalue weighted by atomic mass is 19.4. The number of rotatable bonds is 3. The summed E-state index contributed by atoms with van der Waals surface area (Å²) in [4.78, 5) is 11.7. The normalized spacial score (nSPS) is 12.0. The Kier molecular flexibility index (Phi) is 4.96. The molecule has 0 fully saturated rings. The molecule has 3 nitrogen and oxygen atoms in total. The molecule has 0 radical (unpaired) electrons. The number of carbonyl (C=O) groups excluding carboxylic acids is 1. The van der Waals surface area contributed by atoms with Gasteiger partial charge in [-0.25, -0.2) is 4.79 Å². The van der Waals surface area contributed by atoms with Gasteiger partial charge in [0.2, 0.25) is 0 Å². The molecule has 0 aromatic heterocycles. The predicted molar refractivity (Wildman–Crippen MR) is 74.9 cm³/mol. The lowest BCUT2D eigenvalue weighted by molar-refractivity contribution is -0.274. The van der Waals surface area contributed by atoms with E-state index < -0.39 is 35.4 Å². The van der Waals surface area contributed by atoms with Gasteiger partial charge in [-0.2, -0.15) is 13.2 Å². The summed E-state index contributed by atoms with van der Waals surface area (Å²) in [5.41, 5.74) is -0.876. The first-order valence-electron chi connectivity index (χ1n) is 6.67. The maximum Gasteiger partial charge on any atom is 0.573 e. The van der Waals surface area contributed by atoms with Gasteiger partial charge in [-0.3, -0.25) is 0 Å². The zero-order valence-electron chi connectivity index (χ0n) is 12.5. The molecule has 9 heteroatoms. The van der Waals surface area contributed by atoms with E-state index in [4.69, 9.17) is 0 Å². The van der Waals surface area contributed by atoms with Crippen LogP contribution in [0.3, 0.4) is 0 Å². The van der Waals surface area contributed by atoms with Crippen molar-refractivity contribution in [2.45, 2.75) is 12.5 Å². The van der Waals surface area contributed by atoms with Crippen LogP contribution >= 0.6 is 0 Å². The lowest BCUT2D eigenvalue weighted by Crippen LogP contribution is -2.19. The summed E-state index contributed by atoms with van der Waals surface area (Å²) in [5, 5.41) is 0. The average molecular weight is 364 g/mol. The number of halogens is 6. The number of hydrogen-bond acceptors (Lipinski definition) is 3. The van der Waals surface area contributed by atoms with E-state index >= 15 is 0 Å². The van der Waals surface area contributed by atoms with E-state index in [9.17, 15) is 31.1 Å². The fourth-order valence-corrected chi connectivity index (χ4v) is 2.04. The van der Waals surface area contributed by atoms with Crippen molar-refractivity contribution in [3.63, 3.8) is 0 Å². The second-order valence-electron chi connectivity index (χ2n) is 4.83. The smallest absolute Gasteiger partial charge is 0.465 e. The number of alkyl halides is 6. The molecule has 0 spiro atoms. The van der Waals surface area contributed by atoms with Crippen LogP contribution in [0.4, 0.5) is 26.3 Å². The van der Waals surface area contributed by atoms with Crippen LogP contribution in [-0.2, 0) is 10.9 Å². The fourth-order valence-electron chi connectivity index (χ4n) is 2.04. The van der Waals surface area contributed by atoms with Gasteiger partial charge in [-0.1, -0.05) is 18.2 Å². The summed E-state index contributed by atoms with van der Waals surface area (Å²) in [6.45, 7) is 0. The highest BCUT2D eigenvalue weighted by molar-refractivity contribution is 5.94. The van der Waals surface area contributed by atoms with Gasteiger partial charge in [0.1, 0.15) is 11.3 Å². The van der Waals surface area contributed by atoms with Crippen molar-refractivity contribution in [3.05, 3.63) is 53.6 Å². The number of methoxy groups -OCH3 is 1. The molecule has 134 valence electrons. The summed E-state index contributed by atoms with van der Waals surface area (Å²) >= 11 is 0. The van der Waals surface area contributed by atoms with Crippen LogP contribution in [0.2, 0.25) is 0 Å². The molecule has 0 saturated carbocycles. The minimum absolute atomic E-state index is 0.226. The first kappa shape index (κ1) is 18.6. The van der Waals surface area contributed by atoms with Gasteiger partial charge in [-0.15, -0.1) is 13.2 Å². The number of carbonyl (C=O) groups is 1. The van der Waals surface area contributed by atoms with E-state index in [-0.39, 0.29) is 11.1 Å². The van der Waals surface area contributed by atoms with Gasteiger partial charge >= 0.3 is 18.5 Å². The zero-order chi connectivity index (χ0) is 18.8. The van der Waals surface area contributed by atoms with Gasteiger partial charge in [0, 0.05) is 0 Å². The minimum atomic E-state index is -5.02. The van der Waals surface area contributed by atoms with Crippen LogP contribution in [0.15, 0.2) is 42.5 Å². The SMILES string of the molecule is COC(=O)c1cc(-c2ccc(C(F)(F)F)cc2)ccc1OC(F)(F)F. The molecule has 0 saturated heterocycles. The molecule has 0 N–H and O–H groups in total. The average Bonchev–Trinajstić information content (AvgIpc) is 2.52. The Morgan fingerprint density at radius 2 is 1.44 bits per heavy atom. The molecule has 0 bridgehead atoms. The molecule has 0 aliphatic rings. The Balaban J connectivity index is 2.44. The number of hydrogen-bond donors (Lipinski definition) is 0. The molecule has 0 aliphatic carbocycles. The summed E-state index contributed by atoms with van der Waals surface area (Å²) in [5.74, 6) is -1.84. The van der Waals surface area contributed by atoms with Crippen LogP contribution in [-0.4, -0.2) is 19.4 Å². The van der Waals surface area contributed by atoms with Gasteiger partial charge in [0.25, 0.3) is 0 Å². The summed E-state index contributed by atoms with van der Waals surface area (Å²) in [6, 6.07) is 7.08. The largest absolute Gasteiger partial charge is 0.573 e. The van der Waals surface area contributed by atoms with Crippen molar-refractivity contribution < 1.29 is 40.6 Å². The maximum absolute atomic E-state index is 12.6. The van der Waals surface area contributed by atoms with Gasteiger partial charge < -0.3 is 9.47 Å². The molecule has 2 rings (SSSR count). The van der Waals surface area contributed by atoms with Crippen LogP contribution < -0.4 is 4.74 Å². The molecule has 0 unspecified atom stereocenters. The Morgan fingerprint density at radius 1 is 0.880 bits per heavy atom. The van der Waals surface area contributed by atoms with Crippen molar-refractivity contribution in [2.24, 2.45) is 0 Å². The molecular formula is C16H10F6O3. The second-order valence-corrected chi connectivity index (χ2v) is 4.83. The third-order valence-electron chi connectivity index (χ3n) is 3.16. The lowest BCUT2D eigenvalue weighted by atomic mass is 10.0. The van der Waals surface area contributed by atoms with Gasteiger partial charge in [-0.05, 0) is 35.4 Å². The molecule has 0 amide bonds. The van der Waals surface area contributed by atoms with E-state index in [1.807, 2.05) is 0 Å². The van der Waals surface area contributed by atoms with Gasteiger partial charge in [0.15, 0.2) is 0 Å². The van der Waals surface area contributed by atoms with E-state index in [0.29, 0.717) is 0 Å². The molecule has 2 aromatic carbocycles. The second kappa shape index (κ2) is 6.66. The third kappa shape index (κ3) is 4.65. The van der Waals surface area contributed by atoms with E-state index in [2.05, 4.69) is 9.47 Å². The monoisotopic (exact) mass is 364 g/mol. The Morgan fingerprint density at radius 3 is 1.92 bits per heavy atom. The number of benzene rings is 2. The minimum Gasteiger partial charge on any atom is -0.465 e. The maximum atomic E-state index is 12.6. The summed E-state index contributed by atoms with van der Waals surface area (Å²) < 4.78 is 83.0. The fraction of sp³-hybridized carbons (Fsp3) is 0.188. The first-order valence-corrected chi connectivity index (χ1v) is 6.67. The molecule has 2 aromatic rings. The van der Waals surface area contributed by atoms with Crippen LogP contribution in [0.25, 0.3) is 11.1 Å². The zero-order valence-corrected chi connectivity index (χ0v) is 12.5. The van der Waals surface area contributed by atoms with Crippen LogP contribution in [0.1, 0.15) is 15.9 Å². The van der Waals surface area contributed by atoms with E-state index in [1.165, 1.54) is 6.07 Å². The summed E-state index contributed by atoms with van der Waals surface area (Å²) in [7, 11) is 0.977. The summed E-state index contributed by atoms with van der Waals surface area (Å²) in [6.07, 6.45) is -9.53. The quantitative estimate of drug-likeness (QED) is 0.564. The Hall–Kier alpha value is -2.71. The van der Waals surface area contributed by atoms with E-state index in [1.54, 1.807) is 0 Å². The first-order chi connectivity index (χ1) is 11.5. The van der Waals surface area contributed by atoms with Crippen molar-refractivity contribution in [2.75, 3.05) is 7.11 Å². The Bertz CT molecular complexity index is 763. The number of ether oxygens (including phenoxy) is 2. The number of esters is 1. The highest BCUT2D eigenvalue weighted by Gasteiger charge is 2.33. The van der Waals surface area contributed by atoms with E-state index in [0.717, 1.165) is 43.5 Å². The highest BCUT2D eigenvalue weighted by Crippen LogP contribution is 2.33. The van der Waals surface area contributed by atoms with Crippen LogP contribution in [0, 0.1) is 0 Å². The van der Waals surface area contributed by atoms with Crippen molar-refractivity contribution in [1.82, 2.24) is 0 Å². The van der Waals surface area contributed by atoms with Crippen molar-refractivity contribution in [1.29, 1.82) is 0 Å². The molecule has 0 heterocycles. The Labute approximate surface area is 137 Å². The molecule has 25 heavy (non-hydrogen) atoms. The van der Waals surface area contributed by atoms with Crippen molar-refractivity contribution in [3.8, 4) is 16.9 Å². The predicted octanol–water partition coefficient (Wildman–Crippen LogP) is 5.06. The lowest BCUT2D eigenvalue weighted by Gasteiger charge is -2.14. The van der Waals surface area contributed by atoms with Crippen LogP contribution in [0.5, 0.6) is 5.75 Å². The molecule has 0 atom stereocenters. The van der Waals surface area contributed by atoms with Crippen molar-refractivity contribution >= 4 is 5.97 Å². The standard InChI is InChI=1S/C16H10F6O3/c1-24-14(23)12-8-10(4-7-13(12)25-16(20,21)22)9-2-5-11(6-3-9)15(17,18)19/h2-8H,1H3. The molecule has 0 aliphatic heterocycles. The topological polar surface area (TPSA) is 35.5 Å².